The minimum Gasteiger partial charge on any atom is -0.354 e. The molecule has 0 saturated carbocycles. The van der Waals surface area contributed by atoms with Crippen LogP contribution in [0.2, 0.25) is 0 Å². The van der Waals surface area contributed by atoms with Crippen molar-refractivity contribution in [2.75, 3.05) is 18.1 Å². The monoisotopic (exact) mass is 258 g/mol. The molecule has 0 radical (unpaired) electrons. The first-order valence-corrected chi connectivity index (χ1v) is 7.54. The zero-order valence-corrected chi connectivity index (χ0v) is 11.3. The molecule has 0 aliphatic carbocycles. The van der Waals surface area contributed by atoms with Gasteiger partial charge < -0.3 is 10.6 Å². The summed E-state index contributed by atoms with van der Waals surface area (Å²) in [7, 11) is 0. The van der Waals surface area contributed by atoms with E-state index in [9.17, 15) is 9.59 Å². The van der Waals surface area contributed by atoms with Gasteiger partial charge >= 0.3 is 0 Å². The number of nitrogens with one attached hydrogen (secondary N) is 2. The van der Waals surface area contributed by atoms with Gasteiger partial charge in [-0.3, -0.25) is 9.59 Å². The number of carbonyl (C=O) groups excluding carboxylic acids is 2. The Morgan fingerprint density at radius 3 is 3.06 bits per heavy atom. The minimum atomic E-state index is -0.308. The Bertz CT molecular complexity index is 259. The van der Waals surface area contributed by atoms with E-state index in [0.29, 0.717) is 6.42 Å². The van der Waals surface area contributed by atoms with Gasteiger partial charge in [-0.25, -0.2) is 0 Å². The van der Waals surface area contributed by atoms with Crippen molar-refractivity contribution in [1.82, 2.24) is 10.6 Å². The van der Waals surface area contributed by atoms with Gasteiger partial charge in [0.05, 0.1) is 0 Å². The highest BCUT2D eigenvalue weighted by Gasteiger charge is 2.22. The molecule has 0 spiro atoms. The normalized spacial score (nSPS) is 19.8. The first kappa shape index (κ1) is 14.4. The number of rotatable bonds is 7. The smallest absolute Gasteiger partial charge is 0.242 e. The lowest BCUT2D eigenvalue weighted by atomic mass is 10.1. The Morgan fingerprint density at radius 2 is 2.35 bits per heavy atom. The molecular weight excluding hydrogens is 236 g/mol. The standard InChI is InChI=1S/C12H22N2O2S/c1-2-3-8-17-9-6-11(15)14-10-5-4-7-13-12(10)16/h10H,2-9H2,1H3,(H,13,16)(H,14,15)/t10-/m0/s1. The third kappa shape index (κ3) is 5.96. The van der Waals surface area contributed by atoms with Crippen LogP contribution < -0.4 is 10.6 Å². The minimum absolute atomic E-state index is 0.00366. The van der Waals surface area contributed by atoms with Crippen molar-refractivity contribution in [2.24, 2.45) is 0 Å². The summed E-state index contributed by atoms with van der Waals surface area (Å²) < 4.78 is 0. The maximum absolute atomic E-state index is 11.6. The Morgan fingerprint density at radius 1 is 1.53 bits per heavy atom. The molecule has 5 heteroatoms. The van der Waals surface area contributed by atoms with Crippen LogP contribution in [0.3, 0.4) is 0 Å². The molecule has 1 aliphatic heterocycles. The van der Waals surface area contributed by atoms with Gasteiger partial charge in [-0.1, -0.05) is 13.3 Å². The molecule has 17 heavy (non-hydrogen) atoms. The molecular formula is C12H22N2O2S. The summed E-state index contributed by atoms with van der Waals surface area (Å²) in [6.45, 7) is 2.90. The maximum Gasteiger partial charge on any atom is 0.242 e. The van der Waals surface area contributed by atoms with Crippen molar-refractivity contribution in [2.45, 2.75) is 45.1 Å². The van der Waals surface area contributed by atoms with Crippen LogP contribution >= 0.6 is 11.8 Å². The van der Waals surface area contributed by atoms with E-state index in [1.165, 1.54) is 12.8 Å². The average molecular weight is 258 g/mol. The molecule has 0 aromatic heterocycles. The predicted octanol–water partition coefficient (Wildman–Crippen LogP) is 1.30. The third-order valence-electron chi connectivity index (χ3n) is 2.74. The third-order valence-corrected chi connectivity index (χ3v) is 3.81. The number of piperidine rings is 1. The van der Waals surface area contributed by atoms with Crippen molar-refractivity contribution in [1.29, 1.82) is 0 Å². The summed E-state index contributed by atoms with van der Waals surface area (Å²) in [4.78, 5) is 23.0. The summed E-state index contributed by atoms with van der Waals surface area (Å²) in [5.41, 5.74) is 0. The van der Waals surface area contributed by atoms with Gasteiger partial charge in [0.1, 0.15) is 6.04 Å². The fourth-order valence-electron chi connectivity index (χ4n) is 1.69. The zero-order chi connectivity index (χ0) is 12.5. The first-order chi connectivity index (χ1) is 8.24. The Hall–Kier alpha value is -0.710. The topological polar surface area (TPSA) is 58.2 Å². The summed E-state index contributed by atoms with van der Waals surface area (Å²) in [6, 6.07) is -0.308. The predicted molar refractivity (Wildman–Crippen MR) is 71.0 cm³/mol. The van der Waals surface area contributed by atoms with Crippen molar-refractivity contribution in [3.05, 3.63) is 0 Å². The molecule has 1 aliphatic rings. The maximum atomic E-state index is 11.6. The van der Waals surface area contributed by atoms with Crippen molar-refractivity contribution in [3.63, 3.8) is 0 Å². The highest BCUT2D eigenvalue weighted by molar-refractivity contribution is 7.99. The second-order valence-corrected chi connectivity index (χ2v) is 5.49. The van der Waals surface area contributed by atoms with E-state index >= 15 is 0 Å². The van der Waals surface area contributed by atoms with Crippen molar-refractivity contribution in [3.8, 4) is 0 Å². The lowest BCUT2D eigenvalue weighted by Gasteiger charge is -2.22. The quantitative estimate of drug-likeness (QED) is 0.677. The highest BCUT2D eigenvalue weighted by atomic mass is 32.2. The van der Waals surface area contributed by atoms with Crippen LogP contribution in [-0.2, 0) is 9.59 Å². The fourth-order valence-corrected chi connectivity index (χ4v) is 2.72. The van der Waals surface area contributed by atoms with Crippen LogP contribution in [0.5, 0.6) is 0 Å². The Balaban J connectivity index is 2.09. The molecule has 1 saturated heterocycles. The molecule has 1 atom stereocenters. The summed E-state index contributed by atoms with van der Waals surface area (Å²) in [6.07, 6.45) is 4.62. The average Bonchev–Trinajstić information content (AvgIpc) is 2.32. The van der Waals surface area contributed by atoms with Crippen LogP contribution in [0.25, 0.3) is 0 Å². The SMILES string of the molecule is CCCCSCCC(=O)N[C@H]1CCCNC1=O. The Kier molecular flexibility index (Phi) is 7.08. The molecule has 0 aromatic carbocycles. The van der Waals surface area contributed by atoms with Gasteiger partial charge in [-0.2, -0.15) is 11.8 Å². The Labute approximate surface area is 107 Å². The van der Waals surface area contributed by atoms with Crippen LogP contribution in [-0.4, -0.2) is 35.9 Å². The second-order valence-electron chi connectivity index (χ2n) is 4.27. The van der Waals surface area contributed by atoms with E-state index in [1.807, 2.05) is 11.8 Å². The second kappa shape index (κ2) is 8.39. The van der Waals surface area contributed by atoms with Gasteiger partial charge in [-0.15, -0.1) is 0 Å². The molecule has 0 unspecified atom stereocenters. The van der Waals surface area contributed by atoms with Crippen molar-refractivity contribution < 1.29 is 9.59 Å². The molecule has 1 fully saturated rings. The number of hydrogen-bond acceptors (Lipinski definition) is 3. The van der Waals surface area contributed by atoms with E-state index in [-0.39, 0.29) is 17.9 Å². The van der Waals surface area contributed by atoms with Crippen LogP contribution in [0.4, 0.5) is 0 Å². The lowest BCUT2D eigenvalue weighted by Crippen LogP contribution is -2.50. The molecule has 0 aromatic rings. The zero-order valence-electron chi connectivity index (χ0n) is 10.5. The summed E-state index contributed by atoms with van der Waals surface area (Å²) >= 11 is 1.81. The van der Waals surface area contributed by atoms with E-state index in [1.54, 1.807) is 0 Å². The van der Waals surface area contributed by atoms with E-state index < -0.39 is 0 Å². The molecule has 1 heterocycles. The number of carbonyl (C=O) groups is 2. The van der Waals surface area contributed by atoms with Gasteiger partial charge in [0.15, 0.2) is 0 Å². The van der Waals surface area contributed by atoms with E-state index in [0.717, 1.165) is 30.9 Å². The van der Waals surface area contributed by atoms with Crippen molar-refractivity contribution >= 4 is 23.6 Å². The van der Waals surface area contributed by atoms with Crippen LogP contribution in [0.1, 0.15) is 39.0 Å². The van der Waals surface area contributed by atoms with Gasteiger partial charge in [0, 0.05) is 18.7 Å². The van der Waals surface area contributed by atoms with Gasteiger partial charge in [0.25, 0.3) is 0 Å². The van der Waals surface area contributed by atoms with E-state index in [2.05, 4.69) is 17.6 Å². The molecule has 0 bridgehead atoms. The first-order valence-electron chi connectivity index (χ1n) is 6.39. The molecule has 2 N–H and O–H groups in total. The largest absolute Gasteiger partial charge is 0.354 e. The number of hydrogen-bond donors (Lipinski definition) is 2. The number of unbranched alkanes of at least 4 members (excludes halogenated alkanes) is 1. The molecule has 4 nitrogen and oxygen atoms in total. The van der Waals surface area contributed by atoms with Crippen LogP contribution in [0, 0.1) is 0 Å². The number of thioether (sulfide) groups is 1. The molecule has 98 valence electrons. The highest BCUT2D eigenvalue weighted by Crippen LogP contribution is 2.07. The molecule has 2 amide bonds. The van der Waals surface area contributed by atoms with Gasteiger partial charge in [0.2, 0.25) is 11.8 Å². The summed E-state index contributed by atoms with van der Waals surface area (Å²) in [5, 5.41) is 5.56. The number of amides is 2. The lowest BCUT2D eigenvalue weighted by molar-refractivity contribution is -0.129. The summed E-state index contributed by atoms with van der Waals surface area (Å²) in [5.74, 6) is 1.92. The fraction of sp³-hybridized carbons (Fsp3) is 0.833. The van der Waals surface area contributed by atoms with Gasteiger partial charge in [-0.05, 0) is 25.0 Å². The van der Waals surface area contributed by atoms with E-state index in [4.69, 9.17) is 0 Å². The van der Waals surface area contributed by atoms with Crippen LogP contribution in [0.15, 0.2) is 0 Å². The molecule has 1 rings (SSSR count).